The molecule has 0 radical (unpaired) electrons. The molecule has 3 atom stereocenters. The van der Waals surface area contributed by atoms with Crippen LogP contribution in [0.15, 0.2) is 73.3 Å². The Labute approximate surface area is 382 Å². The topological polar surface area (TPSA) is 157 Å². The molecule has 14 nitrogen and oxygen atoms in total. The molecule has 3 aliphatic heterocycles. The minimum absolute atomic E-state index is 0.00682. The predicted octanol–water partition coefficient (Wildman–Crippen LogP) is 6.32. The van der Waals surface area contributed by atoms with Crippen molar-refractivity contribution in [1.29, 1.82) is 0 Å². The number of benzene rings is 3. The van der Waals surface area contributed by atoms with E-state index in [2.05, 4.69) is 92.0 Å². The third-order valence-corrected chi connectivity index (χ3v) is 13.2. The molecule has 346 valence electrons. The molecule has 0 unspecified atom stereocenters. The molecule has 0 aliphatic carbocycles. The van der Waals surface area contributed by atoms with E-state index in [1.807, 2.05) is 19.9 Å². The summed E-state index contributed by atoms with van der Waals surface area (Å²) in [4.78, 5) is 73.8. The fourth-order valence-corrected chi connectivity index (χ4v) is 9.85. The smallest absolute Gasteiger partial charge is 0.324 e. The van der Waals surface area contributed by atoms with E-state index in [4.69, 9.17) is 4.74 Å². The first kappa shape index (κ1) is 46.8. The number of phenolic OH excluding ortho intramolecular Hbond substituents is 1. The van der Waals surface area contributed by atoms with E-state index in [0.29, 0.717) is 51.0 Å². The minimum atomic E-state index is -1.15. The summed E-state index contributed by atoms with van der Waals surface area (Å²) in [5.41, 5.74) is 10.6. The molecule has 6 bridgehead atoms. The number of ether oxygens (including phenoxy) is 1. The number of urea groups is 1. The number of rotatable bonds is 8. The molecule has 5 amide bonds. The molecule has 14 heteroatoms. The van der Waals surface area contributed by atoms with Gasteiger partial charge in [0.05, 0.1) is 12.3 Å². The van der Waals surface area contributed by atoms with Crippen LogP contribution >= 0.6 is 0 Å². The number of likely N-dealkylation sites (N-methyl/N-ethyl adjacent to an activating group) is 1. The molecule has 7 rings (SSSR count). The fraction of sp³-hybridized carbons (Fsp3) is 0.471. The standard InChI is InChI=1S/C51H65N7O7/c1-9-34-15-12-13-16-38(34)46-40-30-51(6,7)31-65-49(63)41-17-14-20-58(53-41)48(62)42(27-33-25-36(28-37(59)26-33)35-18-19-43(39(40)29-35)57(46)11-3)52-47(61)45(32(4)5)54(8)50(64)56-23-21-55(22-24-56)44(60)10-2/h10,12-13,15-16,18-19,25-26,28-29,32,41-42,45,53,59H,2,9,11,14,17,20-24,27,30-31H2,1,3-8H3,(H,52,61)/t41-,42-,45-/m0/s1. The SMILES string of the molecule is C=CC(=O)N1CCN(C(=O)N(C)[C@H](C(=O)N[C@H]2Cc3cc(O)cc(c3)-c3ccc4c(c3)c(c(-c3ccccc3CC)n4CC)CC(C)(C)COC(=O)[C@@H]3CCCN(N3)C2=O)C(C)C)CC1. The van der Waals surface area contributed by atoms with Crippen LogP contribution in [0.4, 0.5) is 4.79 Å². The van der Waals surface area contributed by atoms with Crippen molar-refractivity contribution in [3.05, 3.63) is 90.0 Å². The molecular weight excluding hydrogens is 823 g/mol. The summed E-state index contributed by atoms with van der Waals surface area (Å²) in [6.45, 7) is 18.2. The molecule has 2 saturated heterocycles. The van der Waals surface area contributed by atoms with Gasteiger partial charge in [0.15, 0.2) is 0 Å². The number of hydrazine groups is 1. The number of aryl methyl sites for hydroxylation is 2. The van der Waals surface area contributed by atoms with Crippen molar-refractivity contribution in [2.75, 3.05) is 46.4 Å². The summed E-state index contributed by atoms with van der Waals surface area (Å²) < 4.78 is 8.47. The third kappa shape index (κ3) is 9.92. The van der Waals surface area contributed by atoms with Crippen molar-refractivity contribution in [3.63, 3.8) is 0 Å². The molecule has 4 aromatic rings. The van der Waals surface area contributed by atoms with E-state index in [1.165, 1.54) is 27.1 Å². The van der Waals surface area contributed by atoms with Gasteiger partial charge in [-0.05, 0) is 96.7 Å². The number of aromatic nitrogens is 1. The first-order valence-corrected chi connectivity index (χ1v) is 23.1. The van der Waals surface area contributed by atoms with Crippen LogP contribution in [0.2, 0.25) is 0 Å². The second-order valence-electron chi connectivity index (χ2n) is 18.8. The lowest BCUT2D eigenvalue weighted by Crippen LogP contribution is -2.63. The highest BCUT2D eigenvalue weighted by Crippen LogP contribution is 2.41. The van der Waals surface area contributed by atoms with Gasteiger partial charge < -0.3 is 34.4 Å². The predicted molar refractivity (Wildman–Crippen MR) is 252 cm³/mol. The summed E-state index contributed by atoms with van der Waals surface area (Å²) in [5.74, 6) is -1.98. The molecular formula is C51H65N7O7. The van der Waals surface area contributed by atoms with Crippen molar-refractivity contribution in [3.8, 4) is 28.1 Å². The minimum Gasteiger partial charge on any atom is -0.508 e. The number of esters is 1. The highest BCUT2D eigenvalue weighted by Gasteiger charge is 2.39. The van der Waals surface area contributed by atoms with E-state index in [-0.39, 0.29) is 43.2 Å². The lowest BCUT2D eigenvalue weighted by Gasteiger charge is -2.39. The fourth-order valence-electron chi connectivity index (χ4n) is 9.85. The van der Waals surface area contributed by atoms with Crippen LogP contribution in [0.1, 0.15) is 71.1 Å². The van der Waals surface area contributed by atoms with Gasteiger partial charge in [-0.3, -0.25) is 24.2 Å². The van der Waals surface area contributed by atoms with Gasteiger partial charge in [-0.15, -0.1) is 0 Å². The maximum atomic E-state index is 14.7. The second kappa shape index (κ2) is 19.5. The van der Waals surface area contributed by atoms with Crippen molar-refractivity contribution in [1.82, 2.24) is 35.0 Å². The number of nitrogens with one attached hydrogen (secondary N) is 2. The Morgan fingerprint density at radius 2 is 1.71 bits per heavy atom. The first-order valence-electron chi connectivity index (χ1n) is 23.1. The van der Waals surface area contributed by atoms with Crippen molar-refractivity contribution < 1.29 is 33.8 Å². The molecule has 3 aliphatic rings. The Balaban J connectivity index is 1.28. The summed E-state index contributed by atoms with van der Waals surface area (Å²) in [6, 6.07) is 16.9. The zero-order chi connectivity index (χ0) is 46.7. The van der Waals surface area contributed by atoms with Gasteiger partial charge in [0, 0.05) is 74.6 Å². The molecule has 2 fully saturated rings. The van der Waals surface area contributed by atoms with Gasteiger partial charge in [0.2, 0.25) is 11.8 Å². The summed E-state index contributed by atoms with van der Waals surface area (Å²) >= 11 is 0. The van der Waals surface area contributed by atoms with Crippen molar-refractivity contribution >= 4 is 40.6 Å². The molecule has 1 aromatic heterocycles. The van der Waals surface area contributed by atoms with Crippen LogP contribution in [0, 0.1) is 11.3 Å². The second-order valence-corrected chi connectivity index (χ2v) is 18.8. The number of fused-ring (bicyclic) bond motifs is 6. The number of amides is 5. The van der Waals surface area contributed by atoms with Crippen LogP contribution in [-0.4, -0.2) is 124 Å². The van der Waals surface area contributed by atoms with Gasteiger partial charge in [0.1, 0.15) is 23.9 Å². The highest BCUT2D eigenvalue weighted by molar-refractivity contribution is 5.96. The molecule has 0 saturated carbocycles. The monoisotopic (exact) mass is 887 g/mol. The average molecular weight is 888 g/mol. The van der Waals surface area contributed by atoms with Crippen LogP contribution < -0.4 is 10.7 Å². The van der Waals surface area contributed by atoms with Gasteiger partial charge in [-0.25, -0.2) is 10.2 Å². The Morgan fingerprint density at radius 1 is 0.985 bits per heavy atom. The quantitative estimate of drug-likeness (QED) is 0.137. The van der Waals surface area contributed by atoms with Gasteiger partial charge in [0.25, 0.3) is 5.91 Å². The lowest BCUT2D eigenvalue weighted by molar-refractivity contribution is -0.155. The van der Waals surface area contributed by atoms with Gasteiger partial charge in [-0.2, -0.15) is 0 Å². The van der Waals surface area contributed by atoms with Crippen molar-refractivity contribution in [2.45, 2.75) is 98.3 Å². The van der Waals surface area contributed by atoms with E-state index < -0.39 is 41.3 Å². The highest BCUT2D eigenvalue weighted by atomic mass is 16.5. The number of hydrogen-bond donors (Lipinski definition) is 3. The normalized spacial score (nSPS) is 19.7. The Morgan fingerprint density at radius 3 is 2.40 bits per heavy atom. The van der Waals surface area contributed by atoms with Crippen LogP contribution in [0.5, 0.6) is 5.75 Å². The summed E-state index contributed by atoms with van der Waals surface area (Å²) in [6.07, 6.45) is 3.72. The van der Waals surface area contributed by atoms with E-state index in [9.17, 15) is 29.1 Å². The number of nitrogens with zero attached hydrogens (tertiary/aromatic N) is 5. The number of cyclic esters (lactones) is 1. The number of carbonyl (C=O) groups is 5. The largest absolute Gasteiger partial charge is 0.508 e. The molecule has 0 spiro atoms. The molecule has 3 aromatic carbocycles. The summed E-state index contributed by atoms with van der Waals surface area (Å²) in [5, 5.41) is 16.8. The third-order valence-electron chi connectivity index (χ3n) is 13.2. The first-order chi connectivity index (χ1) is 31.0. The average Bonchev–Trinajstić information content (AvgIpc) is 3.60. The van der Waals surface area contributed by atoms with Crippen molar-refractivity contribution in [2.24, 2.45) is 11.3 Å². The Bertz CT molecular complexity index is 2470. The molecule has 65 heavy (non-hydrogen) atoms. The molecule has 3 N–H and O–H groups in total. The number of aromatic hydroxyl groups is 1. The zero-order valence-electron chi connectivity index (χ0n) is 39.0. The van der Waals surface area contributed by atoms with Crippen LogP contribution in [0.25, 0.3) is 33.3 Å². The van der Waals surface area contributed by atoms with E-state index >= 15 is 0 Å². The lowest BCUT2D eigenvalue weighted by atomic mass is 9.83. The zero-order valence-corrected chi connectivity index (χ0v) is 39.0. The summed E-state index contributed by atoms with van der Waals surface area (Å²) in [7, 11) is 1.58. The maximum absolute atomic E-state index is 14.7. The van der Waals surface area contributed by atoms with Crippen LogP contribution in [0.3, 0.4) is 0 Å². The van der Waals surface area contributed by atoms with E-state index in [1.54, 1.807) is 29.0 Å². The van der Waals surface area contributed by atoms with Gasteiger partial charge >= 0.3 is 12.0 Å². The van der Waals surface area contributed by atoms with Crippen LogP contribution in [-0.2, 0) is 49.7 Å². The maximum Gasteiger partial charge on any atom is 0.324 e. The number of piperazine rings is 1. The van der Waals surface area contributed by atoms with Gasteiger partial charge in [-0.1, -0.05) is 77.6 Å². The van der Waals surface area contributed by atoms with E-state index in [0.717, 1.165) is 46.3 Å². The Hall–Kier alpha value is -6.15. The number of carbonyl (C=O) groups excluding carboxylic acids is 5. The Kier molecular flexibility index (Phi) is 14.1. The molecule has 4 heterocycles. The number of phenols is 1. The number of hydrogen-bond acceptors (Lipinski definition) is 8.